The number of nitrogens with one attached hydrogen (secondary N) is 2. The third-order valence-electron chi connectivity index (χ3n) is 5.15. The maximum Gasteiger partial charge on any atom is 0.250 e. The normalized spacial score (nSPS) is 11.4. The van der Waals surface area contributed by atoms with E-state index < -0.39 is 11.6 Å². The molecule has 5 nitrogen and oxygen atoms in total. The molecular formula is C26H20ClF2N3O2S. The van der Waals surface area contributed by atoms with Crippen LogP contribution in [-0.2, 0) is 4.79 Å². The number of carbonyl (C=O) groups excluding carboxylic acids is 1. The van der Waals surface area contributed by atoms with Crippen LogP contribution in [0.3, 0.4) is 0 Å². The van der Waals surface area contributed by atoms with Gasteiger partial charge in [-0.15, -0.1) is 0 Å². The molecule has 9 heteroatoms. The third kappa shape index (κ3) is 5.90. The second kappa shape index (κ2) is 10.3. The fourth-order valence-corrected chi connectivity index (χ4v) is 3.74. The first-order chi connectivity index (χ1) is 16.7. The lowest BCUT2D eigenvalue weighted by Gasteiger charge is -2.08. The molecule has 35 heavy (non-hydrogen) atoms. The molecular weight excluding hydrogens is 492 g/mol. The second-order valence-corrected chi connectivity index (χ2v) is 8.86. The van der Waals surface area contributed by atoms with Crippen LogP contribution >= 0.6 is 23.8 Å². The van der Waals surface area contributed by atoms with Crippen molar-refractivity contribution in [3.8, 4) is 11.5 Å². The minimum atomic E-state index is -1.06. The number of thiocarbonyl (C=S) groups is 1. The Labute approximate surface area is 210 Å². The van der Waals surface area contributed by atoms with Gasteiger partial charge in [-0.05, 0) is 65.7 Å². The van der Waals surface area contributed by atoms with Gasteiger partial charge in [0.15, 0.2) is 22.3 Å². The average molecular weight is 512 g/mol. The maximum absolute atomic E-state index is 13.6. The molecule has 1 heterocycles. The monoisotopic (exact) mass is 511 g/mol. The highest BCUT2D eigenvalue weighted by Gasteiger charge is 2.16. The molecule has 0 aliphatic heterocycles. The Hall–Kier alpha value is -3.62. The molecule has 2 N–H and O–H groups in total. The number of hydrogen-bond donors (Lipinski definition) is 2. The number of benzene rings is 3. The van der Waals surface area contributed by atoms with Crippen molar-refractivity contribution >= 4 is 57.7 Å². The molecule has 178 valence electrons. The van der Waals surface area contributed by atoms with Crippen LogP contribution in [0.2, 0.25) is 5.02 Å². The Morgan fingerprint density at radius 1 is 1.09 bits per heavy atom. The van der Waals surface area contributed by atoms with Crippen molar-refractivity contribution in [1.82, 2.24) is 10.3 Å². The number of aromatic nitrogens is 1. The standard InChI is InChI=1S/C26H20ClF2N3O2S/c1-14(2)16-6-3-15(4-7-16)5-10-24(33)32-26(35)30-17-8-9-23-22(11-17)31-25(34-23)18-12-20(28)21(29)13-19(18)27/h3-14H,1-2H3,(H2,30,32,33,35)/b10-5+. The number of nitrogens with zero attached hydrogens (tertiary/aromatic N) is 1. The van der Waals surface area contributed by atoms with Crippen molar-refractivity contribution < 1.29 is 18.0 Å². The van der Waals surface area contributed by atoms with E-state index in [0.717, 1.165) is 17.7 Å². The third-order valence-corrected chi connectivity index (χ3v) is 5.67. The molecule has 4 aromatic rings. The van der Waals surface area contributed by atoms with E-state index in [0.29, 0.717) is 22.7 Å². The SMILES string of the molecule is CC(C)c1ccc(/C=C/C(=O)NC(=S)Nc2ccc3oc(-c4cc(F)c(F)cc4Cl)nc3c2)cc1. The Morgan fingerprint density at radius 2 is 1.80 bits per heavy atom. The van der Waals surface area contributed by atoms with E-state index in [4.69, 9.17) is 28.2 Å². The molecule has 0 bridgehead atoms. The van der Waals surface area contributed by atoms with Crippen molar-refractivity contribution in [2.75, 3.05) is 5.32 Å². The van der Waals surface area contributed by atoms with Crippen LogP contribution in [0, 0.1) is 11.6 Å². The number of halogens is 3. The van der Waals surface area contributed by atoms with Gasteiger partial charge in [-0.1, -0.05) is 49.7 Å². The van der Waals surface area contributed by atoms with Gasteiger partial charge in [0.2, 0.25) is 11.8 Å². The predicted octanol–water partition coefficient (Wildman–Crippen LogP) is 7.08. The fraction of sp³-hybridized carbons (Fsp3) is 0.115. The molecule has 3 aromatic carbocycles. The van der Waals surface area contributed by atoms with E-state index in [9.17, 15) is 13.6 Å². The topological polar surface area (TPSA) is 67.2 Å². The molecule has 1 aromatic heterocycles. The number of rotatable bonds is 5. The van der Waals surface area contributed by atoms with Gasteiger partial charge >= 0.3 is 0 Å². The summed E-state index contributed by atoms with van der Waals surface area (Å²) in [6.45, 7) is 4.24. The van der Waals surface area contributed by atoms with Crippen LogP contribution in [0.25, 0.3) is 28.6 Å². The molecule has 0 saturated heterocycles. The lowest BCUT2D eigenvalue weighted by Crippen LogP contribution is -2.32. The molecule has 0 saturated carbocycles. The van der Waals surface area contributed by atoms with Crippen molar-refractivity contribution in [3.63, 3.8) is 0 Å². The van der Waals surface area contributed by atoms with Gasteiger partial charge in [0.25, 0.3) is 0 Å². The summed E-state index contributed by atoms with van der Waals surface area (Å²) in [5, 5.41) is 5.56. The zero-order valence-corrected chi connectivity index (χ0v) is 20.3. The maximum atomic E-state index is 13.6. The zero-order valence-electron chi connectivity index (χ0n) is 18.7. The second-order valence-electron chi connectivity index (χ2n) is 8.05. The largest absolute Gasteiger partial charge is 0.436 e. The molecule has 0 radical (unpaired) electrons. The van der Waals surface area contributed by atoms with Crippen LogP contribution in [0.1, 0.15) is 30.9 Å². The number of oxazole rings is 1. The van der Waals surface area contributed by atoms with Gasteiger partial charge in [-0.3, -0.25) is 10.1 Å². The molecule has 0 unspecified atom stereocenters. The number of amides is 1. The zero-order chi connectivity index (χ0) is 25.1. The van der Waals surface area contributed by atoms with Gasteiger partial charge < -0.3 is 9.73 Å². The molecule has 0 aliphatic rings. The summed E-state index contributed by atoms with van der Waals surface area (Å²) >= 11 is 11.2. The first kappa shape index (κ1) is 24.5. The number of anilines is 1. The Bertz CT molecular complexity index is 1450. The lowest BCUT2D eigenvalue weighted by atomic mass is 10.0. The van der Waals surface area contributed by atoms with E-state index in [2.05, 4.69) is 29.5 Å². The summed E-state index contributed by atoms with van der Waals surface area (Å²) in [4.78, 5) is 16.5. The van der Waals surface area contributed by atoms with Gasteiger partial charge in [0.1, 0.15) is 5.52 Å². The highest BCUT2D eigenvalue weighted by Crippen LogP contribution is 2.32. The molecule has 4 rings (SSSR count). The van der Waals surface area contributed by atoms with Crippen LogP contribution in [0.15, 0.2) is 65.1 Å². The van der Waals surface area contributed by atoms with E-state index in [1.165, 1.54) is 11.6 Å². The Morgan fingerprint density at radius 3 is 2.51 bits per heavy atom. The first-order valence-corrected chi connectivity index (χ1v) is 11.4. The van der Waals surface area contributed by atoms with Crippen LogP contribution < -0.4 is 10.6 Å². The number of fused-ring (bicyclic) bond motifs is 1. The summed E-state index contributed by atoms with van der Waals surface area (Å²) in [7, 11) is 0. The quantitative estimate of drug-likeness (QED) is 0.170. The Kier molecular flexibility index (Phi) is 7.23. The minimum Gasteiger partial charge on any atom is -0.436 e. The smallest absolute Gasteiger partial charge is 0.250 e. The van der Waals surface area contributed by atoms with Gasteiger partial charge in [0.05, 0.1) is 10.6 Å². The summed E-state index contributed by atoms with van der Waals surface area (Å²) in [5.74, 6) is -2.02. The summed E-state index contributed by atoms with van der Waals surface area (Å²) in [5.41, 5.74) is 3.65. The van der Waals surface area contributed by atoms with Gasteiger partial charge in [-0.2, -0.15) is 0 Å². The van der Waals surface area contributed by atoms with Crippen molar-refractivity contribution in [3.05, 3.63) is 88.5 Å². The van der Waals surface area contributed by atoms with E-state index in [-0.39, 0.29) is 27.5 Å². The first-order valence-electron chi connectivity index (χ1n) is 10.6. The summed E-state index contributed by atoms with van der Waals surface area (Å²) < 4.78 is 32.6. The lowest BCUT2D eigenvalue weighted by molar-refractivity contribution is -0.115. The van der Waals surface area contributed by atoms with E-state index in [1.54, 1.807) is 24.3 Å². The van der Waals surface area contributed by atoms with Crippen molar-refractivity contribution in [2.24, 2.45) is 0 Å². The molecule has 0 fully saturated rings. The summed E-state index contributed by atoms with van der Waals surface area (Å²) in [6.07, 6.45) is 3.10. The molecule has 0 aliphatic carbocycles. The predicted molar refractivity (Wildman–Crippen MR) is 138 cm³/mol. The van der Waals surface area contributed by atoms with E-state index >= 15 is 0 Å². The molecule has 1 amide bonds. The highest BCUT2D eigenvalue weighted by molar-refractivity contribution is 7.80. The van der Waals surface area contributed by atoms with Gasteiger partial charge in [0, 0.05) is 11.8 Å². The van der Waals surface area contributed by atoms with Crippen LogP contribution in [0.4, 0.5) is 14.5 Å². The average Bonchev–Trinajstić information content (AvgIpc) is 3.23. The molecule has 0 atom stereocenters. The minimum absolute atomic E-state index is 0.0263. The van der Waals surface area contributed by atoms with E-state index in [1.807, 2.05) is 24.3 Å². The molecule has 0 spiro atoms. The Balaban J connectivity index is 1.41. The van der Waals surface area contributed by atoms with Crippen LogP contribution in [0.5, 0.6) is 0 Å². The van der Waals surface area contributed by atoms with Crippen molar-refractivity contribution in [1.29, 1.82) is 0 Å². The van der Waals surface area contributed by atoms with Gasteiger partial charge in [-0.25, -0.2) is 13.8 Å². The number of hydrogen-bond acceptors (Lipinski definition) is 4. The summed E-state index contributed by atoms with van der Waals surface area (Å²) in [6, 6.07) is 14.7. The number of carbonyl (C=O) groups is 1. The van der Waals surface area contributed by atoms with Crippen LogP contribution in [-0.4, -0.2) is 16.0 Å². The van der Waals surface area contributed by atoms with Crippen molar-refractivity contribution in [2.45, 2.75) is 19.8 Å². The fourth-order valence-electron chi connectivity index (χ4n) is 3.29. The highest BCUT2D eigenvalue weighted by atomic mass is 35.5.